The van der Waals surface area contributed by atoms with Crippen molar-refractivity contribution in [3.05, 3.63) is 59.3 Å². The van der Waals surface area contributed by atoms with Crippen LogP contribution in [0.25, 0.3) is 5.65 Å². The average Bonchev–Trinajstić information content (AvgIpc) is 3.06. The molecule has 3 aromatic rings. The first kappa shape index (κ1) is 21.7. The number of amides is 1. The Bertz CT molecular complexity index is 1070. The van der Waals surface area contributed by atoms with Crippen LogP contribution in [0.3, 0.4) is 0 Å². The zero-order valence-electron chi connectivity index (χ0n) is 16.5. The van der Waals surface area contributed by atoms with Crippen molar-refractivity contribution in [1.29, 1.82) is 0 Å². The van der Waals surface area contributed by atoms with Crippen molar-refractivity contribution in [3.63, 3.8) is 0 Å². The van der Waals surface area contributed by atoms with E-state index in [4.69, 9.17) is 5.73 Å². The summed E-state index contributed by atoms with van der Waals surface area (Å²) in [4.78, 5) is 20.4. The summed E-state index contributed by atoms with van der Waals surface area (Å²) in [6, 6.07) is 4.83. The van der Waals surface area contributed by atoms with E-state index in [1.807, 2.05) is 0 Å². The van der Waals surface area contributed by atoms with E-state index >= 15 is 0 Å². The number of aromatic nitrogens is 3. The highest BCUT2D eigenvalue weighted by atomic mass is 19.4. The van der Waals surface area contributed by atoms with Crippen molar-refractivity contribution in [1.82, 2.24) is 14.4 Å². The number of alkyl halides is 3. The highest BCUT2D eigenvalue weighted by Crippen LogP contribution is 2.27. The highest BCUT2D eigenvalue weighted by molar-refractivity contribution is 6.03. The number of nitrogens with zero attached hydrogens (tertiary/aromatic N) is 3. The molecule has 0 saturated carbocycles. The number of aryl methyl sites for hydroxylation is 1. The molecule has 160 valence electrons. The molecule has 7 nitrogen and oxygen atoms in total. The van der Waals surface area contributed by atoms with E-state index in [0.717, 1.165) is 17.8 Å². The van der Waals surface area contributed by atoms with Crippen molar-refractivity contribution in [2.45, 2.75) is 45.0 Å². The van der Waals surface area contributed by atoms with Crippen LogP contribution in [-0.2, 0) is 19.1 Å². The van der Waals surface area contributed by atoms with Gasteiger partial charge in [-0.05, 0) is 50.5 Å². The summed E-state index contributed by atoms with van der Waals surface area (Å²) in [6.07, 6.45) is -0.207. The third-order valence-corrected chi connectivity index (χ3v) is 4.46. The maximum absolute atomic E-state index is 12.9. The molecule has 0 aliphatic heterocycles. The fourth-order valence-corrected chi connectivity index (χ4v) is 2.87. The molecule has 30 heavy (non-hydrogen) atoms. The molecular formula is C20H22F3N5O2. The second-order valence-electron chi connectivity index (χ2n) is 7.59. The fraction of sp³-hybridized carbons (Fsp3) is 0.350. The molecule has 0 bridgehead atoms. The van der Waals surface area contributed by atoms with E-state index in [2.05, 4.69) is 15.3 Å². The molecule has 0 aliphatic carbocycles. The second-order valence-corrected chi connectivity index (χ2v) is 7.59. The molecule has 3 heterocycles. The van der Waals surface area contributed by atoms with Crippen molar-refractivity contribution in [2.75, 3.05) is 5.32 Å². The number of pyridine rings is 2. The molecule has 0 fully saturated rings. The van der Waals surface area contributed by atoms with E-state index in [9.17, 15) is 23.1 Å². The molecule has 3 rings (SSSR count). The van der Waals surface area contributed by atoms with Crippen LogP contribution in [0.1, 0.15) is 47.7 Å². The Balaban J connectivity index is 1.87. The first-order chi connectivity index (χ1) is 14.0. The third kappa shape index (κ3) is 5.14. The van der Waals surface area contributed by atoms with Gasteiger partial charge in [0.2, 0.25) is 0 Å². The molecule has 4 N–H and O–H groups in total. The van der Waals surface area contributed by atoms with Gasteiger partial charge in [0, 0.05) is 18.9 Å². The van der Waals surface area contributed by atoms with E-state index in [0.29, 0.717) is 29.7 Å². The number of carbonyl (C=O) groups is 1. The molecule has 0 radical (unpaired) electrons. The minimum Gasteiger partial charge on any atom is -0.390 e. The summed E-state index contributed by atoms with van der Waals surface area (Å²) in [5.41, 5.74) is 5.73. The van der Waals surface area contributed by atoms with Gasteiger partial charge in [0.1, 0.15) is 17.0 Å². The van der Waals surface area contributed by atoms with Crippen LogP contribution in [-0.4, -0.2) is 31.0 Å². The molecule has 0 aromatic carbocycles. The van der Waals surface area contributed by atoms with Crippen LogP contribution in [0.4, 0.5) is 18.9 Å². The molecule has 0 unspecified atom stereocenters. The summed E-state index contributed by atoms with van der Waals surface area (Å²) in [6.45, 7) is 3.52. The van der Waals surface area contributed by atoms with Crippen molar-refractivity contribution in [3.8, 4) is 0 Å². The van der Waals surface area contributed by atoms with Gasteiger partial charge >= 0.3 is 6.18 Å². The Labute approximate surface area is 170 Å². The quantitative estimate of drug-likeness (QED) is 0.567. The number of carbonyl (C=O) groups excluding carboxylic acids is 1. The predicted octanol–water partition coefficient (Wildman–Crippen LogP) is 3.16. The molecule has 0 saturated heterocycles. The van der Waals surface area contributed by atoms with Gasteiger partial charge in [0.05, 0.1) is 17.0 Å². The first-order valence-corrected chi connectivity index (χ1v) is 9.25. The Hall–Kier alpha value is -2.98. The number of hydrogen-bond donors (Lipinski definition) is 3. The Morgan fingerprint density at radius 1 is 1.23 bits per heavy atom. The first-order valence-electron chi connectivity index (χ1n) is 9.25. The Kier molecular flexibility index (Phi) is 5.82. The monoisotopic (exact) mass is 421 g/mol. The second kappa shape index (κ2) is 8.04. The summed E-state index contributed by atoms with van der Waals surface area (Å²) in [5.74, 6) is -0.780. The van der Waals surface area contributed by atoms with Gasteiger partial charge in [0.25, 0.3) is 5.91 Å². The van der Waals surface area contributed by atoms with Crippen LogP contribution in [0.2, 0.25) is 0 Å². The minimum absolute atomic E-state index is 0.0913. The maximum atomic E-state index is 12.9. The van der Waals surface area contributed by atoms with Gasteiger partial charge in [-0.15, -0.1) is 0 Å². The lowest BCUT2D eigenvalue weighted by Gasteiger charge is -2.15. The average molecular weight is 421 g/mol. The summed E-state index contributed by atoms with van der Waals surface area (Å²) >= 11 is 0. The van der Waals surface area contributed by atoms with Gasteiger partial charge in [-0.3, -0.25) is 4.79 Å². The number of fused-ring (bicyclic) bond motifs is 1. The number of nitrogens with two attached hydrogens (primary N) is 1. The van der Waals surface area contributed by atoms with Crippen LogP contribution in [0.15, 0.2) is 36.7 Å². The third-order valence-electron chi connectivity index (χ3n) is 4.46. The Morgan fingerprint density at radius 3 is 2.60 bits per heavy atom. The van der Waals surface area contributed by atoms with E-state index in [-0.39, 0.29) is 12.2 Å². The van der Waals surface area contributed by atoms with Crippen molar-refractivity contribution < 1.29 is 23.1 Å². The van der Waals surface area contributed by atoms with Gasteiger partial charge in [0.15, 0.2) is 0 Å². The molecule has 3 aromatic heterocycles. The van der Waals surface area contributed by atoms with E-state index < -0.39 is 23.4 Å². The fourth-order valence-electron chi connectivity index (χ4n) is 2.87. The predicted molar refractivity (Wildman–Crippen MR) is 105 cm³/mol. The molecule has 10 heteroatoms. The highest BCUT2D eigenvalue weighted by Gasteiger charge is 2.33. The minimum atomic E-state index is -4.64. The van der Waals surface area contributed by atoms with Crippen molar-refractivity contribution in [2.24, 2.45) is 5.73 Å². The van der Waals surface area contributed by atoms with E-state index in [1.165, 1.54) is 6.07 Å². The summed E-state index contributed by atoms with van der Waals surface area (Å²) < 4.78 is 40.2. The lowest BCUT2D eigenvalue weighted by atomic mass is 10.0. The number of rotatable bonds is 6. The molecule has 0 aliphatic rings. The van der Waals surface area contributed by atoms with Crippen molar-refractivity contribution >= 4 is 17.2 Å². The van der Waals surface area contributed by atoms with Crippen LogP contribution >= 0.6 is 0 Å². The van der Waals surface area contributed by atoms with Gasteiger partial charge in [-0.25, -0.2) is 9.97 Å². The molecular weight excluding hydrogens is 399 g/mol. The number of imidazole rings is 1. The van der Waals surface area contributed by atoms with Crippen LogP contribution in [0, 0.1) is 0 Å². The number of halogens is 3. The Morgan fingerprint density at radius 2 is 1.97 bits per heavy atom. The topological polar surface area (TPSA) is 106 Å². The zero-order valence-corrected chi connectivity index (χ0v) is 16.5. The molecule has 0 atom stereocenters. The van der Waals surface area contributed by atoms with Gasteiger partial charge in [-0.1, -0.05) is 6.07 Å². The smallest absolute Gasteiger partial charge is 0.390 e. The molecule has 1 amide bonds. The number of hydrogen-bond acceptors (Lipinski definition) is 5. The number of nitrogens with one attached hydrogen (secondary N) is 1. The van der Waals surface area contributed by atoms with Gasteiger partial charge < -0.3 is 20.6 Å². The summed E-state index contributed by atoms with van der Waals surface area (Å²) in [7, 11) is 0. The lowest BCUT2D eigenvalue weighted by molar-refractivity contribution is -0.141. The van der Waals surface area contributed by atoms with Gasteiger partial charge in [-0.2, -0.15) is 13.2 Å². The van der Waals surface area contributed by atoms with E-state index in [1.54, 1.807) is 36.7 Å². The van der Waals surface area contributed by atoms with Crippen LogP contribution < -0.4 is 11.1 Å². The number of anilines is 1. The largest absolute Gasteiger partial charge is 0.433 e. The normalized spacial score (nSPS) is 12.4. The zero-order chi connectivity index (χ0) is 22.1. The maximum Gasteiger partial charge on any atom is 0.433 e. The SMILES string of the molecule is CC(C)(O)CCc1cn2cc(NC(=O)c3cccc(C(F)(F)F)n3)c(CN)cc2n1. The standard InChI is InChI=1S/C20H22F3N5O2/c1-19(2,30)7-6-13-10-28-11-15(12(9-24)8-17(28)25-13)27-18(29)14-4-3-5-16(26-14)20(21,22)23/h3-5,8,10-11,30H,6-7,9,24H2,1-2H3,(H,27,29). The summed E-state index contributed by atoms with van der Waals surface area (Å²) in [5, 5.41) is 12.5. The molecule has 0 spiro atoms. The number of aliphatic hydroxyl groups is 1. The van der Waals surface area contributed by atoms with Crippen LogP contribution in [0.5, 0.6) is 0 Å². The lowest BCUT2D eigenvalue weighted by Crippen LogP contribution is -2.19.